The number of carbonyl (C=O) groups excluding carboxylic acids is 1. The second kappa shape index (κ2) is 10.4. The maximum atomic E-state index is 11.9. The number of ether oxygens (including phenoxy) is 1. The smallest absolute Gasteiger partial charge is 0.350 e. The Kier molecular flexibility index (Phi) is 8.96. The van der Waals surface area contributed by atoms with Crippen LogP contribution in [-0.4, -0.2) is 57.8 Å². The van der Waals surface area contributed by atoms with E-state index < -0.39 is 10.0 Å². The van der Waals surface area contributed by atoms with E-state index in [9.17, 15) is 13.2 Å². The van der Waals surface area contributed by atoms with E-state index in [4.69, 9.17) is 4.74 Å². The molecule has 148 valence electrons. The zero-order valence-electron chi connectivity index (χ0n) is 15.7. The highest BCUT2D eigenvalue weighted by Crippen LogP contribution is 2.24. The minimum Gasteiger partial charge on any atom is -0.462 e. The second-order valence-electron chi connectivity index (χ2n) is 5.35. The molecular weight excluding hydrogens is 378 g/mol. The van der Waals surface area contributed by atoms with Crippen molar-refractivity contribution in [2.75, 3.05) is 32.5 Å². The average molecular weight is 406 g/mol. The molecule has 1 unspecified atom stereocenters. The zero-order valence-corrected chi connectivity index (χ0v) is 17.4. The van der Waals surface area contributed by atoms with Crippen LogP contribution in [0.3, 0.4) is 0 Å². The molecule has 1 aromatic rings. The van der Waals surface area contributed by atoms with E-state index in [0.717, 1.165) is 5.01 Å². The van der Waals surface area contributed by atoms with E-state index in [0.29, 0.717) is 29.7 Å². The number of aryl methyl sites for hydroxylation is 1. The van der Waals surface area contributed by atoms with Crippen LogP contribution in [0.2, 0.25) is 0 Å². The Bertz CT molecular complexity index is 730. The summed E-state index contributed by atoms with van der Waals surface area (Å²) in [5.74, 6) is 0.189. The lowest BCUT2D eigenvalue weighted by molar-refractivity contribution is 0.0531. The average Bonchev–Trinajstić information content (AvgIpc) is 2.99. The summed E-state index contributed by atoms with van der Waals surface area (Å²) in [6.45, 7) is 7.97. The van der Waals surface area contributed by atoms with E-state index in [2.05, 4.69) is 25.3 Å². The number of nitrogens with one attached hydrogen (secondary N) is 3. The van der Waals surface area contributed by atoms with E-state index in [1.807, 2.05) is 6.92 Å². The van der Waals surface area contributed by atoms with Crippen molar-refractivity contribution in [2.45, 2.75) is 33.7 Å². The molecule has 0 radical (unpaired) electrons. The van der Waals surface area contributed by atoms with Gasteiger partial charge in [-0.25, -0.2) is 22.9 Å². The van der Waals surface area contributed by atoms with Crippen molar-refractivity contribution >= 4 is 33.3 Å². The number of aliphatic imine (C=N–C) groups is 1. The lowest BCUT2D eigenvalue weighted by Gasteiger charge is -2.16. The molecule has 0 amide bonds. The second-order valence-corrected chi connectivity index (χ2v) is 8.48. The molecule has 0 saturated carbocycles. The number of rotatable bonds is 9. The number of thiazole rings is 1. The first-order valence-corrected chi connectivity index (χ1v) is 10.8. The minimum atomic E-state index is -3.21. The highest BCUT2D eigenvalue weighted by molar-refractivity contribution is 7.89. The molecule has 0 spiro atoms. The molecule has 0 saturated heterocycles. The lowest BCUT2D eigenvalue weighted by atomic mass is 10.3. The number of hydrogen-bond donors (Lipinski definition) is 3. The van der Waals surface area contributed by atoms with Gasteiger partial charge in [-0.15, -0.1) is 11.3 Å². The number of hydrogen-bond acceptors (Lipinski definition) is 7. The van der Waals surface area contributed by atoms with Crippen LogP contribution in [-0.2, 0) is 14.8 Å². The maximum absolute atomic E-state index is 11.9. The summed E-state index contributed by atoms with van der Waals surface area (Å²) >= 11 is 1.28. The maximum Gasteiger partial charge on any atom is 0.350 e. The number of guanidine groups is 1. The number of sulfonamides is 1. The van der Waals surface area contributed by atoms with Crippen LogP contribution in [0.1, 0.15) is 47.2 Å². The van der Waals surface area contributed by atoms with Crippen molar-refractivity contribution in [3.05, 3.63) is 15.6 Å². The molecule has 0 aliphatic carbocycles. The van der Waals surface area contributed by atoms with Gasteiger partial charge in [-0.3, -0.25) is 4.99 Å². The predicted octanol–water partition coefficient (Wildman–Crippen LogP) is 0.794. The van der Waals surface area contributed by atoms with E-state index in [-0.39, 0.29) is 24.3 Å². The topological polar surface area (TPSA) is 122 Å². The highest BCUT2D eigenvalue weighted by atomic mass is 32.2. The summed E-state index contributed by atoms with van der Waals surface area (Å²) < 4.78 is 30.3. The SMILES string of the molecule is CCOC(=O)c1sc(C(C)NC(=NC)NCCNS(=O)(=O)CC)nc1C. The Morgan fingerprint density at radius 2 is 2.04 bits per heavy atom. The minimum absolute atomic E-state index is 0.0448. The van der Waals surface area contributed by atoms with Gasteiger partial charge in [-0.2, -0.15) is 0 Å². The summed E-state index contributed by atoms with van der Waals surface area (Å²) in [6.07, 6.45) is 0. The summed E-state index contributed by atoms with van der Waals surface area (Å²) in [4.78, 5) is 20.9. The monoisotopic (exact) mass is 405 g/mol. The van der Waals surface area contributed by atoms with Crippen molar-refractivity contribution in [3.8, 4) is 0 Å². The molecule has 9 nitrogen and oxygen atoms in total. The van der Waals surface area contributed by atoms with Gasteiger partial charge in [0.2, 0.25) is 10.0 Å². The van der Waals surface area contributed by atoms with Crippen LogP contribution >= 0.6 is 11.3 Å². The zero-order chi connectivity index (χ0) is 19.7. The summed E-state index contributed by atoms with van der Waals surface area (Å²) in [5, 5.41) is 6.93. The van der Waals surface area contributed by atoms with Crippen LogP contribution < -0.4 is 15.4 Å². The summed E-state index contributed by atoms with van der Waals surface area (Å²) in [5.41, 5.74) is 0.633. The molecule has 0 aliphatic rings. The van der Waals surface area contributed by atoms with Crippen LogP contribution in [0.5, 0.6) is 0 Å². The number of esters is 1. The van der Waals surface area contributed by atoms with Crippen molar-refractivity contribution in [3.63, 3.8) is 0 Å². The van der Waals surface area contributed by atoms with Crippen LogP contribution in [0.25, 0.3) is 0 Å². The first kappa shape index (κ1) is 22.3. The number of aromatic nitrogens is 1. The molecule has 26 heavy (non-hydrogen) atoms. The van der Waals surface area contributed by atoms with Gasteiger partial charge >= 0.3 is 5.97 Å². The fourth-order valence-corrected chi connectivity index (χ4v) is 3.52. The third kappa shape index (κ3) is 6.89. The van der Waals surface area contributed by atoms with E-state index >= 15 is 0 Å². The molecule has 0 aliphatic heterocycles. The van der Waals surface area contributed by atoms with Gasteiger partial charge in [0.15, 0.2) is 5.96 Å². The fraction of sp³-hybridized carbons (Fsp3) is 0.667. The van der Waals surface area contributed by atoms with Gasteiger partial charge in [0.05, 0.1) is 24.1 Å². The van der Waals surface area contributed by atoms with Crippen molar-refractivity contribution in [1.29, 1.82) is 0 Å². The van der Waals surface area contributed by atoms with Crippen LogP contribution in [0.4, 0.5) is 0 Å². The van der Waals surface area contributed by atoms with Crippen LogP contribution in [0.15, 0.2) is 4.99 Å². The lowest BCUT2D eigenvalue weighted by Crippen LogP contribution is -2.42. The molecule has 3 N–H and O–H groups in total. The molecule has 1 heterocycles. The molecule has 1 aromatic heterocycles. The molecule has 0 fully saturated rings. The third-order valence-electron chi connectivity index (χ3n) is 3.34. The van der Waals surface area contributed by atoms with Gasteiger partial charge < -0.3 is 15.4 Å². The standard InChI is InChI=1S/C15H27N5O4S2/c1-6-24-14(21)12-10(3)19-13(25-12)11(4)20-15(16-5)17-8-9-18-26(22,23)7-2/h11,18H,6-9H2,1-5H3,(H2,16,17,20). The van der Waals surface area contributed by atoms with E-state index in [1.54, 1.807) is 27.8 Å². The fourth-order valence-electron chi connectivity index (χ4n) is 1.94. The molecule has 1 atom stereocenters. The number of nitrogens with zero attached hydrogens (tertiary/aromatic N) is 2. The quantitative estimate of drug-likeness (QED) is 0.240. The van der Waals surface area contributed by atoms with Crippen molar-refractivity contribution in [1.82, 2.24) is 20.3 Å². The predicted molar refractivity (Wildman–Crippen MR) is 103 cm³/mol. The van der Waals surface area contributed by atoms with Gasteiger partial charge in [0.25, 0.3) is 0 Å². The first-order chi connectivity index (χ1) is 12.2. The Balaban J connectivity index is 2.61. The molecule has 0 bridgehead atoms. The van der Waals surface area contributed by atoms with Gasteiger partial charge in [-0.05, 0) is 27.7 Å². The molecule has 0 aromatic carbocycles. The Morgan fingerprint density at radius 3 is 2.62 bits per heavy atom. The Hall–Kier alpha value is -1.72. The Labute approximate surface area is 158 Å². The molecular formula is C15H27N5O4S2. The van der Waals surface area contributed by atoms with Crippen molar-refractivity contribution in [2.24, 2.45) is 4.99 Å². The Morgan fingerprint density at radius 1 is 1.35 bits per heavy atom. The third-order valence-corrected chi connectivity index (χ3v) is 6.06. The van der Waals surface area contributed by atoms with Gasteiger partial charge in [-0.1, -0.05) is 0 Å². The number of carbonyl (C=O) groups is 1. The normalized spacial score (nSPS) is 13.3. The van der Waals surface area contributed by atoms with Crippen LogP contribution in [0, 0.1) is 6.92 Å². The van der Waals surface area contributed by atoms with Gasteiger partial charge in [0.1, 0.15) is 9.88 Å². The summed E-state index contributed by atoms with van der Waals surface area (Å²) in [7, 11) is -1.59. The largest absolute Gasteiger partial charge is 0.462 e. The molecule has 11 heteroatoms. The van der Waals surface area contributed by atoms with Gasteiger partial charge in [0, 0.05) is 20.1 Å². The van der Waals surface area contributed by atoms with Crippen molar-refractivity contribution < 1.29 is 17.9 Å². The first-order valence-electron chi connectivity index (χ1n) is 8.33. The van der Waals surface area contributed by atoms with E-state index in [1.165, 1.54) is 11.3 Å². The summed E-state index contributed by atoms with van der Waals surface area (Å²) in [6, 6.07) is -0.180. The molecule has 1 rings (SSSR count). The highest BCUT2D eigenvalue weighted by Gasteiger charge is 2.20.